The molecule has 0 aliphatic carbocycles. The molecule has 5 nitrogen and oxygen atoms in total. The molecule has 0 saturated carbocycles. The molecule has 1 aliphatic heterocycles. The molecule has 1 amide bonds. The SMILES string of the molecule is CC(C)C1C(=O)Nc2cnc(=O)[nH]c21. The first-order valence-electron chi connectivity index (χ1n) is 4.49. The minimum atomic E-state index is -0.411. The summed E-state index contributed by atoms with van der Waals surface area (Å²) >= 11 is 0. The lowest BCUT2D eigenvalue weighted by Crippen LogP contribution is -2.19. The highest BCUT2D eigenvalue weighted by atomic mass is 16.2. The van der Waals surface area contributed by atoms with Crippen LogP contribution >= 0.6 is 0 Å². The molecular formula is C9H11N3O2. The first-order valence-corrected chi connectivity index (χ1v) is 4.49. The van der Waals surface area contributed by atoms with E-state index in [-0.39, 0.29) is 17.7 Å². The number of nitrogens with zero attached hydrogens (tertiary/aromatic N) is 1. The summed E-state index contributed by atoms with van der Waals surface area (Å²) in [6.45, 7) is 3.89. The Morgan fingerprint density at radius 2 is 2.14 bits per heavy atom. The van der Waals surface area contributed by atoms with Gasteiger partial charge in [-0.25, -0.2) is 4.79 Å². The maximum atomic E-state index is 11.5. The van der Waals surface area contributed by atoms with Crippen LogP contribution in [0.3, 0.4) is 0 Å². The van der Waals surface area contributed by atoms with E-state index in [9.17, 15) is 9.59 Å². The summed E-state index contributed by atoms with van der Waals surface area (Å²) in [7, 11) is 0. The van der Waals surface area contributed by atoms with Crippen molar-refractivity contribution in [1.29, 1.82) is 0 Å². The van der Waals surface area contributed by atoms with Crippen LogP contribution in [0.2, 0.25) is 0 Å². The zero-order chi connectivity index (χ0) is 10.3. The van der Waals surface area contributed by atoms with E-state index in [1.54, 1.807) is 0 Å². The number of rotatable bonds is 1. The fourth-order valence-corrected chi connectivity index (χ4v) is 1.73. The van der Waals surface area contributed by atoms with E-state index in [2.05, 4.69) is 15.3 Å². The average molecular weight is 193 g/mol. The maximum Gasteiger partial charge on any atom is 0.345 e. The van der Waals surface area contributed by atoms with Crippen molar-refractivity contribution in [2.45, 2.75) is 19.8 Å². The first-order chi connectivity index (χ1) is 6.59. The van der Waals surface area contributed by atoms with Gasteiger partial charge in [-0.3, -0.25) is 4.79 Å². The molecule has 5 heteroatoms. The highest BCUT2D eigenvalue weighted by Crippen LogP contribution is 2.33. The van der Waals surface area contributed by atoms with E-state index in [4.69, 9.17) is 0 Å². The van der Waals surface area contributed by atoms with Crippen LogP contribution in [0.1, 0.15) is 25.5 Å². The third-order valence-electron chi connectivity index (χ3n) is 2.36. The van der Waals surface area contributed by atoms with Crippen molar-refractivity contribution in [3.63, 3.8) is 0 Å². The average Bonchev–Trinajstić information content (AvgIpc) is 2.40. The Bertz CT molecular complexity index is 436. The van der Waals surface area contributed by atoms with E-state index >= 15 is 0 Å². The number of aromatic amines is 1. The van der Waals surface area contributed by atoms with E-state index in [1.165, 1.54) is 6.20 Å². The van der Waals surface area contributed by atoms with Gasteiger partial charge >= 0.3 is 5.69 Å². The van der Waals surface area contributed by atoms with Crippen molar-refractivity contribution >= 4 is 11.6 Å². The third kappa shape index (κ3) is 1.21. The number of nitrogens with one attached hydrogen (secondary N) is 2. The van der Waals surface area contributed by atoms with E-state index < -0.39 is 5.69 Å². The third-order valence-corrected chi connectivity index (χ3v) is 2.36. The van der Waals surface area contributed by atoms with Gasteiger partial charge < -0.3 is 10.3 Å². The minimum absolute atomic E-state index is 0.0707. The van der Waals surface area contributed by atoms with Crippen LogP contribution in [-0.2, 0) is 4.79 Å². The van der Waals surface area contributed by atoms with Gasteiger partial charge in [-0.1, -0.05) is 13.8 Å². The van der Waals surface area contributed by atoms with E-state index in [1.807, 2.05) is 13.8 Å². The van der Waals surface area contributed by atoms with E-state index in [0.29, 0.717) is 11.4 Å². The minimum Gasteiger partial charge on any atom is -0.323 e. The quantitative estimate of drug-likeness (QED) is 0.680. The number of H-pyrrole nitrogens is 1. The van der Waals surface area contributed by atoms with Crippen LogP contribution in [-0.4, -0.2) is 15.9 Å². The van der Waals surface area contributed by atoms with Crippen LogP contribution in [0.4, 0.5) is 5.69 Å². The van der Waals surface area contributed by atoms with Gasteiger partial charge in [0.1, 0.15) is 0 Å². The number of hydrogen-bond acceptors (Lipinski definition) is 3. The largest absolute Gasteiger partial charge is 0.345 e. The Balaban J connectivity index is 2.55. The molecule has 1 atom stereocenters. The van der Waals surface area contributed by atoms with Crippen molar-refractivity contribution in [2.24, 2.45) is 5.92 Å². The summed E-state index contributed by atoms with van der Waals surface area (Å²) < 4.78 is 0. The Morgan fingerprint density at radius 3 is 2.79 bits per heavy atom. The zero-order valence-corrected chi connectivity index (χ0v) is 8.00. The molecule has 0 fully saturated rings. The highest BCUT2D eigenvalue weighted by molar-refractivity contribution is 6.02. The van der Waals surface area contributed by atoms with Crippen molar-refractivity contribution in [3.05, 3.63) is 22.4 Å². The Hall–Kier alpha value is -1.65. The van der Waals surface area contributed by atoms with Gasteiger partial charge in [-0.05, 0) is 5.92 Å². The number of amides is 1. The Morgan fingerprint density at radius 1 is 1.43 bits per heavy atom. The van der Waals surface area contributed by atoms with Crippen molar-refractivity contribution < 1.29 is 4.79 Å². The molecule has 1 aromatic heterocycles. The molecule has 74 valence electrons. The van der Waals surface area contributed by atoms with Crippen LogP contribution in [0.25, 0.3) is 0 Å². The summed E-state index contributed by atoms with van der Waals surface area (Å²) in [6.07, 6.45) is 1.40. The topological polar surface area (TPSA) is 74.8 Å². The van der Waals surface area contributed by atoms with E-state index in [0.717, 1.165) is 0 Å². The number of carbonyl (C=O) groups is 1. The summed E-state index contributed by atoms with van der Waals surface area (Å²) in [5, 5.41) is 2.68. The number of fused-ring (bicyclic) bond motifs is 1. The fourth-order valence-electron chi connectivity index (χ4n) is 1.73. The predicted octanol–water partition coefficient (Wildman–Crippen LogP) is 0.462. The summed E-state index contributed by atoms with van der Waals surface area (Å²) in [5.41, 5.74) is 0.865. The molecule has 0 spiro atoms. The molecule has 0 bridgehead atoms. The van der Waals surface area contributed by atoms with Gasteiger partial charge in [-0.2, -0.15) is 4.98 Å². The molecule has 2 N–H and O–H groups in total. The Labute approximate surface area is 80.6 Å². The van der Waals surface area contributed by atoms with Crippen molar-refractivity contribution in [1.82, 2.24) is 9.97 Å². The fraction of sp³-hybridized carbons (Fsp3) is 0.444. The molecule has 0 saturated heterocycles. The first kappa shape index (κ1) is 8.93. The monoisotopic (exact) mass is 193 g/mol. The second kappa shape index (κ2) is 2.94. The summed E-state index contributed by atoms with van der Waals surface area (Å²) in [5.74, 6) is -0.173. The molecule has 1 unspecified atom stereocenters. The van der Waals surface area contributed by atoms with Crippen LogP contribution in [0.5, 0.6) is 0 Å². The second-order valence-electron chi connectivity index (χ2n) is 3.73. The van der Waals surface area contributed by atoms with Crippen LogP contribution in [0.15, 0.2) is 11.0 Å². The highest BCUT2D eigenvalue weighted by Gasteiger charge is 2.33. The van der Waals surface area contributed by atoms with Gasteiger partial charge in [0.2, 0.25) is 5.91 Å². The zero-order valence-electron chi connectivity index (χ0n) is 8.00. The van der Waals surface area contributed by atoms with Gasteiger partial charge in [-0.15, -0.1) is 0 Å². The lowest BCUT2D eigenvalue weighted by Gasteiger charge is -2.11. The predicted molar refractivity (Wildman–Crippen MR) is 51.1 cm³/mol. The van der Waals surface area contributed by atoms with Gasteiger partial charge in [0.05, 0.1) is 23.5 Å². The summed E-state index contributed by atoms with van der Waals surface area (Å²) in [4.78, 5) is 28.7. The van der Waals surface area contributed by atoms with Crippen LogP contribution in [0, 0.1) is 5.92 Å². The smallest absolute Gasteiger partial charge is 0.323 e. The maximum absolute atomic E-state index is 11.5. The molecule has 1 aromatic rings. The lowest BCUT2D eigenvalue weighted by atomic mass is 9.94. The van der Waals surface area contributed by atoms with Gasteiger partial charge in [0.15, 0.2) is 0 Å². The molecule has 2 rings (SSSR count). The standard InChI is InChI=1S/C9H11N3O2/c1-4(2)6-7-5(11-8(6)13)3-10-9(14)12-7/h3-4,6H,1-2H3,(H,11,13)(H,10,12,14). The number of carbonyl (C=O) groups excluding carboxylic acids is 1. The lowest BCUT2D eigenvalue weighted by molar-refractivity contribution is -0.117. The molecule has 0 radical (unpaired) electrons. The Kier molecular flexibility index (Phi) is 1.87. The number of anilines is 1. The second-order valence-corrected chi connectivity index (χ2v) is 3.73. The number of aromatic nitrogens is 2. The number of hydrogen-bond donors (Lipinski definition) is 2. The van der Waals surface area contributed by atoms with Crippen molar-refractivity contribution in [2.75, 3.05) is 5.32 Å². The van der Waals surface area contributed by atoms with Crippen molar-refractivity contribution in [3.8, 4) is 0 Å². The molecule has 1 aliphatic rings. The summed E-state index contributed by atoms with van der Waals surface area (Å²) in [6, 6.07) is 0. The molecule has 0 aromatic carbocycles. The van der Waals surface area contributed by atoms with Crippen LogP contribution < -0.4 is 11.0 Å². The molecular weight excluding hydrogens is 182 g/mol. The molecule has 2 heterocycles. The van der Waals surface area contributed by atoms with Gasteiger partial charge in [0.25, 0.3) is 0 Å². The normalized spacial score (nSPS) is 19.6. The molecule has 14 heavy (non-hydrogen) atoms. The van der Waals surface area contributed by atoms with Gasteiger partial charge in [0, 0.05) is 0 Å².